The van der Waals surface area contributed by atoms with Crippen LogP contribution >= 0.6 is 15.9 Å². The van der Waals surface area contributed by atoms with Gasteiger partial charge < -0.3 is 5.11 Å². The molecule has 0 amide bonds. The second kappa shape index (κ2) is 6.64. The van der Waals surface area contributed by atoms with Gasteiger partial charge in [-0.2, -0.15) is 4.72 Å². The summed E-state index contributed by atoms with van der Waals surface area (Å²) < 4.78 is 39.5. The monoisotopic (exact) mass is 367 g/mol. The van der Waals surface area contributed by atoms with E-state index in [2.05, 4.69) is 20.7 Å². The first-order valence-electron chi connectivity index (χ1n) is 5.89. The Hall–Kier alpha value is -0.990. The highest BCUT2D eigenvalue weighted by atomic mass is 79.9. The summed E-state index contributed by atoms with van der Waals surface area (Å²) in [4.78, 5) is 10.9. The first kappa shape index (κ1) is 17.1. The highest BCUT2D eigenvalue weighted by molar-refractivity contribution is 9.10. The zero-order valence-corrected chi connectivity index (χ0v) is 13.3. The van der Waals surface area contributed by atoms with Crippen LogP contribution in [0, 0.1) is 11.7 Å². The third-order valence-electron chi connectivity index (χ3n) is 2.96. The molecule has 0 spiro atoms. The van der Waals surface area contributed by atoms with Crippen molar-refractivity contribution in [3.63, 3.8) is 0 Å². The third kappa shape index (κ3) is 4.00. The summed E-state index contributed by atoms with van der Waals surface area (Å²) in [5.74, 6) is -2.21. The molecule has 0 saturated heterocycles. The molecule has 20 heavy (non-hydrogen) atoms. The second-order valence-electron chi connectivity index (χ2n) is 4.40. The van der Waals surface area contributed by atoms with Crippen LogP contribution in [0.1, 0.15) is 20.3 Å². The van der Waals surface area contributed by atoms with Crippen LogP contribution in [-0.2, 0) is 14.8 Å². The molecule has 0 radical (unpaired) electrons. The van der Waals surface area contributed by atoms with Crippen LogP contribution in [0.3, 0.4) is 0 Å². The molecule has 0 unspecified atom stereocenters. The molecule has 2 N–H and O–H groups in total. The normalized spacial score (nSPS) is 14.8. The van der Waals surface area contributed by atoms with Crippen molar-refractivity contribution in [3.05, 3.63) is 28.5 Å². The number of sulfonamides is 1. The molecule has 5 nitrogen and oxygen atoms in total. The number of aliphatic carboxylic acids is 1. The minimum absolute atomic E-state index is 0.00390. The predicted octanol–water partition coefficient (Wildman–Crippen LogP) is 2.37. The van der Waals surface area contributed by atoms with Gasteiger partial charge in [0.15, 0.2) is 0 Å². The summed E-state index contributed by atoms with van der Waals surface area (Å²) in [7, 11) is -4.03. The lowest BCUT2D eigenvalue weighted by Gasteiger charge is -2.20. The van der Waals surface area contributed by atoms with Crippen molar-refractivity contribution >= 4 is 31.9 Å². The lowest BCUT2D eigenvalue weighted by atomic mass is 10.0. The quantitative estimate of drug-likeness (QED) is 0.808. The van der Waals surface area contributed by atoms with Crippen molar-refractivity contribution in [1.82, 2.24) is 4.72 Å². The number of hydrogen-bond acceptors (Lipinski definition) is 3. The molecular weight excluding hydrogens is 353 g/mol. The van der Waals surface area contributed by atoms with Gasteiger partial charge in [0.1, 0.15) is 11.9 Å². The van der Waals surface area contributed by atoms with Crippen LogP contribution in [0.2, 0.25) is 0 Å². The van der Waals surface area contributed by atoms with Gasteiger partial charge in [0, 0.05) is 0 Å². The van der Waals surface area contributed by atoms with Crippen molar-refractivity contribution < 1.29 is 22.7 Å². The van der Waals surface area contributed by atoms with Crippen LogP contribution in [0.4, 0.5) is 4.39 Å². The number of benzene rings is 1. The molecule has 8 heteroatoms. The SMILES string of the molecule is CC[C@H](C)[C@H](NS(=O)(=O)c1ccc(F)c(Br)c1)C(=O)O. The van der Waals surface area contributed by atoms with Gasteiger partial charge in [0.2, 0.25) is 10.0 Å². The zero-order chi connectivity index (χ0) is 15.5. The summed E-state index contributed by atoms with van der Waals surface area (Å²) in [5, 5.41) is 9.09. The fraction of sp³-hybridized carbons (Fsp3) is 0.417. The summed E-state index contributed by atoms with van der Waals surface area (Å²) in [6.45, 7) is 3.41. The van der Waals surface area contributed by atoms with E-state index in [0.29, 0.717) is 6.42 Å². The van der Waals surface area contributed by atoms with E-state index in [-0.39, 0.29) is 15.3 Å². The van der Waals surface area contributed by atoms with E-state index in [0.717, 1.165) is 18.2 Å². The number of carboxylic acids is 1. The van der Waals surface area contributed by atoms with Crippen molar-refractivity contribution in [2.75, 3.05) is 0 Å². The number of halogens is 2. The molecule has 0 bridgehead atoms. The van der Waals surface area contributed by atoms with Gasteiger partial charge in [0.25, 0.3) is 0 Å². The Balaban J connectivity index is 3.09. The molecule has 0 aliphatic rings. The van der Waals surface area contributed by atoms with Crippen LogP contribution in [0.5, 0.6) is 0 Å². The van der Waals surface area contributed by atoms with E-state index in [1.165, 1.54) is 0 Å². The van der Waals surface area contributed by atoms with E-state index in [9.17, 15) is 17.6 Å². The van der Waals surface area contributed by atoms with Gasteiger partial charge in [-0.1, -0.05) is 20.3 Å². The summed E-state index contributed by atoms with van der Waals surface area (Å²) in [6.07, 6.45) is 0.507. The van der Waals surface area contributed by atoms with Crippen LogP contribution in [0.15, 0.2) is 27.6 Å². The second-order valence-corrected chi connectivity index (χ2v) is 6.97. The minimum Gasteiger partial charge on any atom is -0.480 e. The Kier molecular flexibility index (Phi) is 5.67. The maximum absolute atomic E-state index is 13.1. The molecule has 1 rings (SSSR count). The number of carboxylic acid groups (broad SMARTS) is 1. The summed E-state index contributed by atoms with van der Waals surface area (Å²) in [6, 6.07) is 1.94. The van der Waals surface area contributed by atoms with Gasteiger partial charge in [-0.3, -0.25) is 4.79 Å². The molecule has 1 aromatic rings. The Bertz CT molecular complexity index is 605. The maximum atomic E-state index is 13.1. The third-order valence-corrected chi connectivity index (χ3v) is 5.01. The minimum atomic E-state index is -4.03. The zero-order valence-electron chi connectivity index (χ0n) is 10.9. The molecule has 0 aliphatic carbocycles. The van der Waals surface area contributed by atoms with Gasteiger partial charge in [-0.05, 0) is 40.0 Å². The Morgan fingerprint density at radius 3 is 2.55 bits per heavy atom. The van der Waals surface area contributed by atoms with Gasteiger partial charge in [0.05, 0.1) is 9.37 Å². The highest BCUT2D eigenvalue weighted by Crippen LogP contribution is 2.21. The molecule has 0 saturated carbocycles. The highest BCUT2D eigenvalue weighted by Gasteiger charge is 2.29. The van der Waals surface area contributed by atoms with Gasteiger partial charge in [-0.25, -0.2) is 12.8 Å². The standard InChI is InChI=1S/C12H15BrFNO4S/c1-3-7(2)11(12(16)17)15-20(18,19)8-4-5-10(14)9(13)6-8/h4-7,11,15H,3H2,1-2H3,(H,16,17)/t7-,11-/m0/s1. The Morgan fingerprint density at radius 2 is 2.10 bits per heavy atom. The molecule has 1 aromatic carbocycles. The van der Waals surface area contributed by atoms with Crippen molar-refractivity contribution in [1.29, 1.82) is 0 Å². The van der Waals surface area contributed by atoms with Crippen LogP contribution in [-0.4, -0.2) is 25.5 Å². The van der Waals surface area contributed by atoms with Crippen molar-refractivity contribution in [2.24, 2.45) is 5.92 Å². The first-order chi connectivity index (χ1) is 9.19. The van der Waals surface area contributed by atoms with E-state index in [1.807, 2.05) is 0 Å². The molecule has 0 aromatic heterocycles. The van der Waals surface area contributed by atoms with Crippen molar-refractivity contribution in [2.45, 2.75) is 31.2 Å². The molecule has 0 aliphatic heterocycles. The fourth-order valence-electron chi connectivity index (χ4n) is 1.52. The lowest BCUT2D eigenvalue weighted by Crippen LogP contribution is -2.44. The van der Waals surface area contributed by atoms with Crippen LogP contribution in [0.25, 0.3) is 0 Å². The van der Waals surface area contributed by atoms with Crippen LogP contribution < -0.4 is 4.72 Å². The number of rotatable bonds is 6. The van der Waals surface area contributed by atoms with E-state index >= 15 is 0 Å². The summed E-state index contributed by atoms with van der Waals surface area (Å²) in [5.41, 5.74) is 0. The number of carbonyl (C=O) groups is 1. The van der Waals surface area contributed by atoms with Gasteiger partial charge in [-0.15, -0.1) is 0 Å². The van der Waals surface area contributed by atoms with E-state index in [1.54, 1.807) is 13.8 Å². The molecule has 0 heterocycles. The molecule has 0 fully saturated rings. The van der Waals surface area contributed by atoms with Crippen molar-refractivity contribution in [3.8, 4) is 0 Å². The van der Waals surface area contributed by atoms with E-state index in [4.69, 9.17) is 5.11 Å². The molecule has 112 valence electrons. The average Bonchev–Trinajstić information content (AvgIpc) is 2.38. The maximum Gasteiger partial charge on any atom is 0.322 e. The van der Waals surface area contributed by atoms with E-state index < -0.39 is 27.9 Å². The summed E-state index contributed by atoms with van der Waals surface area (Å²) >= 11 is 2.89. The topological polar surface area (TPSA) is 83.5 Å². The molecule has 2 atom stereocenters. The largest absolute Gasteiger partial charge is 0.480 e. The van der Waals surface area contributed by atoms with Gasteiger partial charge >= 0.3 is 5.97 Å². The Labute approximate surface area is 125 Å². The predicted molar refractivity (Wildman–Crippen MR) is 75.3 cm³/mol. The lowest BCUT2D eigenvalue weighted by molar-refractivity contribution is -0.140. The number of nitrogens with one attached hydrogen (secondary N) is 1. The smallest absolute Gasteiger partial charge is 0.322 e. The average molecular weight is 368 g/mol. The fourth-order valence-corrected chi connectivity index (χ4v) is 3.38. The first-order valence-corrected chi connectivity index (χ1v) is 8.16. The Morgan fingerprint density at radius 1 is 1.50 bits per heavy atom. The molecular formula is C12H15BrFNO4S. The number of hydrogen-bond donors (Lipinski definition) is 2.